The topological polar surface area (TPSA) is 72.6 Å². The van der Waals surface area contributed by atoms with Gasteiger partial charge in [-0.05, 0) is 44.0 Å². The van der Waals surface area contributed by atoms with Crippen LogP contribution in [-0.4, -0.2) is 44.6 Å². The minimum absolute atomic E-state index is 0.187. The van der Waals surface area contributed by atoms with E-state index >= 15 is 0 Å². The van der Waals surface area contributed by atoms with Crippen LogP contribution >= 0.6 is 0 Å². The van der Waals surface area contributed by atoms with E-state index in [0.29, 0.717) is 24.6 Å². The quantitative estimate of drug-likeness (QED) is 0.905. The number of nitrogens with zero attached hydrogens (tertiary/aromatic N) is 1. The molecule has 1 aromatic carbocycles. The van der Waals surface area contributed by atoms with Crippen LogP contribution in [0.25, 0.3) is 0 Å². The van der Waals surface area contributed by atoms with Gasteiger partial charge in [0, 0.05) is 19.1 Å². The van der Waals surface area contributed by atoms with E-state index in [-0.39, 0.29) is 12.1 Å². The fourth-order valence-corrected chi connectivity index (χ4v) is 3.73. The van der Waals surface area contributed by atoms with Gasteiger partial charge in [-0.15, -0.1) is 0 Å². The number of benzene rings is 1. The van der Waals surface area contributed by atoms with Gasteiger partial charge in [-0.3, -0.25) is 0 Å². The molecule has 0 spiro atoms. The zero-order valence-corrected chi connectivity index (χ0v) is 13.0. The first-order valence-corrected chi connectivity index (χ1v) is 8.21. The number of hydrogen-bond donors (Lipinski definition) is 1. The van der Waals surface area contributed by atoms with Crippen LogP contribution in [0.5, 0.6) is 0 Å². The lowest BCUT2D eigenvalue weighted by Crippen LogP contribution is -2.51. The third kappa shape index (κ3) is 3.03. The Kier molecular flexibility index (Phi) is 4.49. The highest BCUT2D eigenvalue weighted by atomic mass is 32.2. The summed E-state index contributed by atoms with van der Waals surface area (Å²) < 4.78 is 32.3. The lowest BCUT2D eigenvalue weighted by atomic mass is 10.1. The van der Waals surface area contributed by atoms with Gasteiger partial charge < -0.3 is 10.5 Å². The molecule has 0 bridgehead atoms. The highest BCUT2D eigenvalue weighted by Crippen LogP contribution is 2.21. The predicted octanol–water partition coefficient (Wildman–Crippen LogP) is 1.04. The molecule has 1 aromatic rings. The second kappa shape index (κ2) is 5.81. The smallest absolute Gasteiger partial charge is 0.243 e. The molecule has 0 amide bonds. The molecule has 0 aliphatic carbocycles. The minimum atomic E-state index is -3.47. The van der Waals surface area contributed by atoms with Crippen molar-refractivity contribution in [2.45, 2.75) is 37.8 Å². The van der Waals surface area contributed by atoms with Crippen molar-refractivity contribution in [3.63, 3.8) is 0 Å². The number of morpholine rings is 1. The molecule has 1 heterocycles. The van der Waals surface area contributed by atoms with Crippen molar-refractivity contribution in [2.24, 2.45) is 5.73 Å². The Morgan fingerprint density at radius 2 is 2.05 bits per heavy atom. The standard InChI is InChI=1S/C14H22N2O3S/c1-10-4-5-13(8-11(10)2)20(17,18)16-6-7-19-14(9-16)12(3)15/h4-5,8,12,14H,6-7,9,15H2,1-3H3. The number of hydrogen-bond acceptors (Lipinski definition) is 4. The molecule has 0 aromatic heterocycles. The summed E-state index contributed by atoms with van der Waals surface area (Å²) in [5.74, 6) is 0. The Bertz CT molecular complexity index is 584. The summed E-state index contributed by atoms with van der Waals surface area (Å²) in [6.07, 6.45) is -0.245. The van der Waals surface area contributed by atoms with Crippen LogP contribution in [0.1, 0.15) is 18.1 Å². The number of ether oxygens (including phenoxy) is 1. The van der Waals surface area contributed by atoms with Crippen molar-refractivity contribution < 1.29 is 13.2 Å². The molecule has 1 aliphatic rings. The van der Waals surface area contributed by atoms with Crippen molar-refractivity contribution in [1.82, 2.24) is 4.31 Å². The maximum atomic E-state index is 12.6. The Morgan fingerprint density at radius 1 is 1.35 bits per heavy atom. The van der Waals surface area contributed by atoms with Gasteiger partial charge in [0.05, 0.1) is 17.6 Å². The molecule has 2 rings (SSSR count). The zero-order chi connectivity index (χ0) is 14.9. The number of rotatable bonds is 3. The van der Waals surface area contributed by atoms with Crippen LogP contribution in [0.15, 0.2) is 23.1 Å². The molecule has 2 unspecified atom stereocenters. The van der Waals surface area contributed by atoms with E-state index in [1.807, 2.05) is 26.8 Å². The lowest BCUT2D eigenvalue weighted by Gasteiger charge is -2.34. The second-order valence-electron chi connectivity index (χ2n) is 5.38. The van der Waals surface area contributed by atoms with E-state index in [2.05, 4.69) is 0 Å². The van der Waals surface area contributed by atoms with Crippen LogP contribution in [-0.2, 0) is 14.8 Å². The van der Waals surface area contributed by atoms with Gasteiger partial charge in [0.25, 0.3) is 0 Å². The maximum Gasteiger partial charge on any atom is 0.243 e. The van der Waals surface area contributed by atoms with E-state index in [4.69, 9.17) is 10.5 Å². The molecule has 0 radical (unpaired) electrons. The van der Waals surface area contributed by atoms with Gasteiger partial charge in [-0.25, -0.2) is 8.42 Å². The summed E-state index contributed by atoms with van der Waals surface area (Å²) in [7, 11) is -3.47. The van der Waals surface area contributed by atoms with Crippen molar-refractivity contribution in [3.05, 3.63) is 29.3 Å². The summed E-state index contributed by atoms with van der Waals surface area (Å²) in [4.78, 5) is 0.339. The zero-order valence-electron chi connectivity index (χ0n) is 12.2. The van der Waals surface area contributed by atoms with E-state index < -0.39 is 10.0 Å². The van der Waals surface area contributed by atoms with Gasteiger partial charge >= 0.3 is 0 Å². The van der Waals surface area contributed by atoms with Gasteiger partial charge in [0.1, 0.15) is 0 Å². The lowest BCUT2D eigenvalue weighted by molar-refractivity contribution is -0.0120. The van der Waals surface area contributed by atoms with Crippen molar-refractivity contribution in [3.8, 4) is 0 Å². The molecule has 1 saturated heterocycles. The maximum absolute atomic E-state index is 12.6. The first-order valence-electron chi connectivity index (χ1n) is 6.77. The Labute approximate surface area is 120 Å². The summed E-state index contributed by atoms with van der Waals surface area (Å²) in [6, 6.07) is 5.04. The molecule has 2 atom stereocenters. The average Bonchev–Trinajstić information content (AvgIpc) is 2.42. The molecule has 1 aliphatic heterocycles. The molecular formula is C14H22N2O3S. The summed E-state index contributed by atoms with van der Waals surface area (Å²) >= 11 is 0. The number of nitrogens with two attached hydrogens (primary N) is 1. The van der Waals surface area contributed by atoms with Crippen LogP contribution in [0.2, 0.25) is 0 Å². The minimum Gasteiger partial charge on any atom is -0.374 e. The van der Waals surface area contributed by atoms with E-state index in [1.54, 1.807) is 12.1 Å². The fraction of sp³-hybridized carbons (Fsp3) is 0.571. The van der Waals surface area contributed by atoms with E-state index in [9.17, 15) is 8.42 Å². The van der Waals surface area contributed by atoms with Crippen molar-refractivity contribution in [2.75, 3.05) is 19.7 Å². The molecule has 5 nitrogen and oxygen atoms in total. The third-order valence-corrected chi connectivity index (χ3v) is 5.62. The molecule has 20 heavy (non-hydrogen) atoms. The molecule has 2 N–H and O–H groups in total. The van der Waals surface area contributed by atoms with Gasteiger partial charge in [-0.2, -0.15) is 4.31 Å². The van der Waals surface area contributed by atoms with Gasteiger partial charge in [-0.1, -0.05) is 6.07 Å². The average molecular weight is 298 g/mol. The normalized spacial score (nSPS) is 22.7. The summed E-state index contributed by atoms with van der Waals surface area (Å²) in [5, 5.41) is 0. The highest BCUT2D eigenvalue weighted by molar-refractivity contribution is 7.89. The predicted molar refractivity (Wildman–Crippen MR) is 78.1 cm³/mol. The van der Waals surface area contributed by atoms with E-state index in [0.717, 1.165) is 11.1 Å². The SMILES string of the molecule is Cc1ccc(S(=O)(=O)N2CCOC(C(C)N)C2)cc1C. The Hall–Kier alpha value is -0.950. The highest BCUT2D eigenvalue weighted by Gasteiger charge is 2.32. The van der Waals surface area contributed by atoms with E-state index in [1.165, 1.54) is 4.31 Å². The second-order valence-corrected chi connectivity index (χ2v) is 7.32. The van der Waals surface area contributed by atoms with Crippen LogP contribution in [0.3, 0.4) is 0 Å². The van der Waals surface area contributed by atoms with Crippen molar-refractivity contribution in [1.29, 1.82) is 0 Å². The molecule has 6 heteroatoms. The summed E-state index contributed by atoms with van der Waals surface area (Å²) in [5.41, 5.74) is 7.87. The molecule has 0 saturated carbocycles. The Balaban J connectivity index is 2.27. The molecule has 112 valence electrons. The third-order valence-electron chi connectivity index (χ3n) is 3.76. The van der Waals surface area contributed by atoms with Crippen molar-refractivity contribution >= 4 is 10.0 Å². The monoisotopic (exact) mass is 298 g/mol. The molecule has 1 fully saturated rings. The number of aryl methyl sites for hydroxylation is 2. The van der Waals surface area contributed by atoms with Crippen LogP contribution < -0.4 is 5.73 Å². The first-order chi connectivity index (χ1) is 9.32. The van der Waals surface area contributed by atoms with Crippen LogP contribution in [0.4, 0.5) is 0 Å². The summed E-state index contributed by atoms with van der Waals surface area (Å²) in [6.45, 7) is 6.78. The first kappa shape index (κ1) is 15.4. The Morgan fingerprint density at radius 3 is 2.65 bits per heavy atom. The fourth-order valence-electron chi connectivity index (χ4n) is 2.21. The number of sulfonamides is 1. The van der Waals surface area contributed by atoms with Crippen LogP contribution in [0, 0.1) is 13.8 Å². The molecular weight excluding hydrogens is 276 g/mol. The van der Waals surface area contributed by atoms with Gasteiger partial charge in [0.15, 0.2) is 0 Å². The largest absolute Gasteiger partial charge is 0.374 e. The van der Waals surface area contributed by atoms with Gasteiger partial charge in [0.2, 0.25) is 10.0 Å².